The number of hydrogen-bond acceptors (Lipinski definition) is 3. The van der Waals surface area contributed by atoms with E-state index in [1.807, 2.05) is 24.3 Å². The number of fused-ring (bicyclic) bond motifs is 1. The van der Waals surface area contributed by atoms with Crippen molar-refractivity contribution in [1.29, 1.82) is 0 Å². The summed E-state index contributed by atoms with van der Waals surface area (Å²) < 4.78 is 5.13. The third kappa shape index (κ3) is 3.24. The van der Waals surface area contributed by atoms with Crippen LogP contribution >= 0.6 is 0 Å². The Morgan fingerprint density at radius 2 is 1.86 bits per heavy atom. The normalized spacial score (nSPS) is 24.4. The molecule has 1 N–H and O–H groups in total. The van der Waals surface area contributed by atoms with Crippen molar-refractivity contribution in [2.45, 2.75) is 75.3 Å². The van der Waals surface area contributed by atoms with Gasteiger partial charge in [0.2, 0.25) is 5.91 Å². The summed E-state index contributed by atoms with van der Waals surface area (Å²) in [4.78, 5) is 29.3. The Kier molecular flexibility index (Phi) is 5.72. The van der Waals surface area contributed by atoms with Gasteiger partial charge in [0, 0.05) is 25.3 Å². The summed E-state index contributed by atoms with van der Waals surface area (Å²) in [7, 11) is 1.64. The molecule has 2 saturated carbocycles. The van der Waals surface area contributed by atoms with Crippen LogP contribution in [0, 0.1) is 0 Å². The van der Waals surface area contributed by atoms with Crippen LogP contribution in [0.2, 0.25) is 0 Å². The lowest BCUT2D eigenvalue weighted by Gasteiger charge is -2.56. The molecule has 1 heterocycles. The number of carbonyl (C=O) groups excluding carboxylic acids is 2. The van der Waals surface area contributed by atoms with Gasteiger partial charge in [-0.15, -0.1) is 0 Å². The number of rotatable bonds is 5. The molecule has 1 aliphatic heterocycles. The average Bonchev–Trinajstić information content (AvgIpc) is 3.23. The second kappa shape index (κ2) is 8.24. The van der Waals surface area contributed by atoms with Gasteiger partial charge in [-0.2, -0.15) is 0 Å². The molecule has 1 aromatic rings. The molecule has 0 radical (unpaired) electrons. The van der Waals surface area contributed by atoms with Gasteiger partial charge in [-0.1, -0.05) is 50.3 Å². The monoisotopic (exact) mass is 384 g/mol. The van der Waals surface area contributed by atoms with E-state index in [2.05, 4.69) is 10.2 Å². The van der Waals surface area contributed by atoms with Gasteiger partial charge in [0.1, 0.15) is 0 Å². The lowest BCUT2D eigenvalue weighted by atomic mass is 9.64. The minimum atomic E-state index is -0.379. The van der Waals surface area contributed by atoms with E-state index in [4.69, 9.17) is 4.74 Å². The first-order chi connectivity index (χ1) is 13.7. The van der Waals surface area contributed by atoms with Crippen molar-refractivity contribution >= 4 is 11.8 Å². The quantitative estimate of drug-likeness (QED) is 0.789. The van der Waals surface area contributed by atoms with Crippen LogP contribution in [0.4, 0.5) is 0 Å². The van der Waals surface area contributed by atoms with Crippen LogP contribution in [0.15, 0.2) is 24.3 Å². The predicted octanol–water partition coefficient (Wildman–Crippen LogP) is 3.63. The van der Waals surface area contributed by atoms with Gasteiger partial charge in [0.15, 0.2) is 0 Å². The fourth-order valence-electron chi connectivity index (χ4n) is 5.85. The predicted molar refractivity (Wildman–Crippen MR) is 108 cm³/mol. The number of benzene rings is 1. The molecule has 28 heavy (non-hydrogen) atoms. The highest BCUT2D eigenvalue weighted by Crippen LogP contribution is 2.51. The van der Waals surface area contributed by atoms with Crippen molar-refractivity contribution in [1.82, 2.24) is 10.2 Å². The van der Waals surface area contributed by atoms with E-state index in [1.54, 1.807) is 7.11 Å². The summed E-state index contributed by atoms with van der Waals surface area (Å²) >= 11 is 0. The van der Waals surface area contributed by atoms with E-state index < -0.39 is 0 Å². The van der Waals surface area contributed by atoms with Crippen molar-refractivity contribution in [3.63, 3.8) is 0 Å². The fourth-order valence-corrected chi connectivity index (χ4v) is 5.85. The van der Waals surface area contributed by atoms with Gasteiger partial charge in [0.25, 0.3) is 5.91 Å². The summed E-state index contributed by atoms with van der Waals surface area (Å²) in [6, 6.07) is 8.06. The molecule has 0 aromatic heterocycles. The molecular formula is C23H32N2O3. The van der Waals surface area contributed by atoms with Gasteiger partial charge in [-0.05, 0) is 37.3 Å². The maximum Gasteiger partial charge on any atom is 0.254 e. The molecule has 1 spiro atoms. The molecule has 2 aliphatic carbocycles. The standard InChI is InChI=1S/C23H32N2O3/c1-28-16-15-24-21(26)20-18-11-5-6-12-19(18)22(27)25(17-9-3-4-10-17)23(20)13-7-2-8-14-23/h5-6,11-12,17,20H,2-4,7-10,13-16H2,1H3,(H,24,26). The maximum atomic E-state index is 13.7. The van der Waals surface area contributed by atoms with Gasteiger partial charge in [-0.3, -0.25) is 9.59 Å². The Morgan fingerprint density at radius 1 is 1.14 bits per heavy atom. The van der Waals surface area contributed by atoms with Crippen molar-refractivity contribution in [2.24, 2.45) is 0 Å². The molecule has 5 nitrogen and oxygen atoms in total. The number of methoxy groups -OCH3 is 1. The van der Waals surface area contributed by atoms with Crippen LogP contribution in [-0.2, 0) is 9.53 Å². The number of nitrogens with one attached hydrogen (secondary N) is 1. The highest BCUT2D eigenvalue weighted by atomic mass is 16.5. The molecule has 5 heteroatoms. The summed E-state index contributed by atoms with van der Waals surface area (Å²) in [5.74, 6) is -0.105. The molecule has 1 atom stereocenters. The fraction of sp³-hybridized carbons (Fsp3) is 0.652. The molecule has 3 aliphatic rings. The van der Waals surface area contributed by atoms with E-state index in [-0.39, 0.29) is 29.3 Å². The minimum Gasteiger partial charge on any atom is -0.383 e. The van der Waals surface area contributed by atoms with Crippen LogP contribution in [-0.4, -0.2) is 48.6 Å². The molecule has 1 aromatic carbocycles. The highest BCUT2D eigenvalue weighted by Gasteiger charge is 2.56. The number of nitrogens with zero attached hydrogens (tertiary/aromatic N) is 1. The smallest absolute Gasteiger partial charge is 0.254 e. The van der Waals surface area contributed by atoms with Crippen molar-refractivity contribution in [2.75, 3.05) is 20.3 Å². The summed E-state index contributed by atoms with van der Waals surface area (Å²) in [5, 5.41) is 3.09. The minimum absolute atomic E-state index is 0.0434. The topological polar surface area (TPSA) is 58.6 Å². The van der Waals surface area contributed by atoms with Crippen LogP contribution in [0.1, 0.15) is 79.6 Å². The Hall–Kier alpha value is -1.88. The first kappa shape index (κ1) is 19.4. The molecular weight excluding hydrogens is 352 g/mol. The second-order valence-corrected chi connectivity index (χ2v) is 8.58. The molecule has 0 bridgehead atoms. The molecule has 2 fully saturated rings. The van der Waals surface area contributed by atoms with E-state index in [0.717, 1.165) is 49.7 Å². The van der Waals surface area contributed by atoms with Crippen LogP contribution in [0.25, 0.3) is 0 Å². The number of hydrogen-bond donors (Lipinski definition) is 1. The Balaban J connectivity index is 1.80. The summed E-state index contributed by atoms with van der Waals surface area (Å²) in [5.41, 5.74) is 1.26. The van der Waals surface area contributed by atoms with Gasteiger partial charge < -0.3 is 15.0 Å². The third-order valence-corrected chi connectivity index (χ3v) is 7.01. The van der Waals surface area contributed by atoms with Gasteiger partial charge in [0.05, 0.1) is 18.1 Å². The van der Waals surface area contributed by atoms with E-state index >= 15 is 0 Å². The molecule has 2 amide bonds. The van der Waals surface area contributed by atoms with Crippen LogP contribution in [0.3, 0.4) is 0 Å². The molecule has 152 valence electrons. The lowest BCUT2D eigenvalue weighted by molar-refractivity contribution is -0.128. The lowest BCUT2D eigenvalue weighted by Crippen LogP contribution is -2.65. The Labute approximate surface area is 167 Å². The number of ether oxygens (including phenoxy) is 1. The van der Waals surface area contributed by atoms with Gasteiger partial charge >= 0.3 is 0 Å². The van der Waals surface area contributed by atoms with Crippen LogP contribution in [0.5, 0.6) is 0 Å². The zero-order valence-corrected chi connectivity index (χ0v) is 16.9. The number of amides is 2. The van der Waals surface area contributed by atoms with Crippen LogP contribution < -0.4 is 5.32 Å². The third-order valence-electron chi connectivity index (χ3n) is 7.01. The SMILES string of the molecule is COCCNC(=O)C1c2ccccc2C(=O)N(C2CCCC2)C12CCCCC2. The Morgan fingerprint density at radius 3 is 2.57 bits per heavy atom. The molecule has 4 rings (SSSR count). The maximum absolute atomic E-state index is 13.7. The van der Waals surface area contributed by atoms with Crippen molar-refractivity contribution < 1.29 is 14.3 Å². The first-order valence-corrected chi connectivity index (χ1v) is 10.9. The van der Waals surface area contributed by atoms with E-state index in [1.165, 1.54) is 19.3 Å². The second-order valence-electron chi connectivity index (χ2n) is 8.58. The zero-order chi connectivity index (χ0) is 19.6. The molecule has 0 saturated heterocycles. The van der Waals surface area contributed by atoms with E-state index in [9.17, 15) is 9.59 Å². The largest absolute Gasteiger partial charge is 0.383 e. The van der Waals surface area contributed by atoms with E-state index in [0.29, 0.717) is 13.2 Å². The highest BCUT2D eigenvalue weighted by molar-refractivity contribution is 6.02. The van der Waals surface area contributed by atoms with Gasteiger partial charge in [-0.25, -0.2) is 0 Å². The average molecular weight is 385 g/mol. The Bertz CT molecular complexity index is 720. The first-order valence-electron chi connectivity index (χ1n) is 10.9. The number of carbonyl (C=O) groups is 2. The van der Waals surface area contributed by atoms with Crippen molar-refractivity contribution in [3.8, 4) is 0 Å². The summed E-state index contributed by atoms with van der Waals surface area (Å²) in [6.45, 7) is 1.000. The van der Waals surface area contributed by atoms with Crippen molar-refractivity contribution in [3.05, 3.63) is 35.4 Å². The summed E-state index contributed by atoms with van der Waals surface area (Å²) in [6.07, 6.45) is 9.68. The molecule has 1 unspecified atom stereocenters. The zero-order valence-electron chi connectivity index (χ0n) is 16.9.